The molecule has 0 fully saturated rings. The molecule has 0 atom stereocenters. The second-order valence-corrected chi connectivity index (χ2v) is 2.34. The van der Waals surface area contributed by atoms with Gasteiger partial charge in [-0.05, 0) is 5.69 Å². The predicted molar refractivity (Wildman–Crippen MR) is 44.6 cm³/mol. The van der Waals surface area contributed by atoms with Gasteiger partial charge in [0, 0.05) is 0 Å². The summed E-state index contributed by atoms with van der Waals surface area (Å²) in [6.07, 6.45) is 5.05. The SMILES string of the molecule is [K+].[c-]1cccn1-c1ccccc1. The number of rotatable bonds is 1. The van der Waals surface area contributed by atoms with E-state index in [0.717, 1.165) is 5.69 Å². The van der Waals surface area contributed by atoms with Crippen molar-refractivity contribution in [2.75, 3.05) is 0 Å². The first-order valence-electron chi connectivity index (χ1n) is 3.57. The van der Waals surface area contributed by atoms with Crippen LogP contribution in [-0.2, 0) is 0 Å². The Balaban J connectivity index is 0.000000720. The van der Waals surface area contributed by atoms with Crippen molar-refractivity contribution in [2.45, 2.75) is 0 Å². The first-order chi connectivity index (χ1) is 5.47. The molecule has 2 rings (SSSR count). The maximum Gasteiger partial charge on any atom is 1.00 e. The van der Waals surface area contributed by atoms with Crippen LogP contribution in [-0.4, -0.2) is 4.57 Å². The summed E-state index contributed by atoms with van der Waals surface area (Å²) in [5, 5.41) is 0. The zero-order valence-corrected chi connectivity index (χ0v) is 10.2. The molecule has 1 aromatic carbocycles. The van der Waals surface area contributed by atoms with Crippen molar-refractivity contribution in [2.24, 2.45) is 0 Å². The molecule has 0 spiro atoms. The molecule has 0 saturated carbocycles. The minimum Gasteiger partial charge on any atom is -0.451 e. The molecule has 2 aromatic rings. The molecule has 0 aliphatic carbocycles. The maximum atomic E-state index is 3.07. The van der Waals surface area contributed by atoms with Gasteiger partial charge in [-0.1, -0.05) is 36.5 Å². The molecule has 1 heterocycles. The van der Waals surface area contributed by atoms with E-state index in [9.17, 15) is 0 Å². The van der Waals surface area contributed by atoms with Crippen LogP contribution in [0, 0.1) is 6.20 Å². The molecule has 0 aliphatic heterocycles. The zero-order valence-electron chi connectivity index (χ0n) is 7.07. The average molecular weight is 181 g/mol. The first kappa shape index (κ1) is 10.2. The normalized spacial score (nSPS) is 9.00. The summed E-state index contributed by atoms with van der Waals surface area (Å²) in [6, 6.07) is 14.0. The number of hydrogen-bond donors (Lipinski definition) is 0. The van der Waals surface area contributed by atoms with Crippen molar-refractivity contribution in [3.05, 3.63) is 54.9 Å². The van der Waals surface area contributed by atoms with E-state index in [4.69, 9.17) is 0 Å². The Morgan fingerprint density at radius 3 is 2.33 bits per heavy atom. The van der Waals surface area contributed by atoms with E-state index in [0.29, 0.717) is 0 Å². The predicted octanol–water partition coefficient (Wildman–Crippen LogP) is -0.719. The molecular weight excluding hydrogens is 173 g/mol. The van der Waals surface area contributed by atoms with Crippen LogP contribution in [0.4, 0.5) is 0 Å². The van der Waals surface area contributed by atoms with E-state index < -0.39 is 0 Å². The summed E-state index contributed by atoms with van der Waals surface area (Å²) < 4.78 is 1.96. The Labute approximate surface area is 115 Å². The van der Waals surface area contributed by atoms with Gasteiger partial charge >= 0.3 is 51.4 Å². The number of nitrogens with zero attached hydrogens (tertiary/aromatic N) is 1. The molecule has 0 N–H and O–H groups in total. The van der Waals surface area contributed by atoms with Gasteiger partial charge in [-0.2, -0.15) is 6.07 Å². The third-order valence-corrected chi connectivity index (χ3v) is 1.58. The summed E-state index contributed by atoms with van der Waals surface area (Å²) in [4.78, 5) is 0. The second-order valence-electron chi connectivity index (χ2n) is 2.34. The molecule has 0 aliphatic rings. The first-order valence-corrected chi connectivity index (χ1v) is 3.57. The van der Waals surface area contributed by atoms with Gasteiger partial charge in [0.05, 0.1) is 0 Å². The standard InChI is InChI=1S/C10H8N.K/c1-2-6-10(7-3-1)11-8-4-5-9-11;/h1-8H;/q-1;+1. The maximum absolute atomic E-state index is 3.07. The Bertz CT molecular complexity index is 313. The molecule has 0 unspecified atom stereocenters. The molecule has 0 saturated heterocycles. The Morgan fingerprint density at radius 1 is 1.00 bits per heavy atom. The van der Waals surface area contributed by atoms with Crippen molar-refractivity contribution in [1.29, 1.82) is 0 Å². The molecule has 54 valence electrons. The van der Waals surface area contributed by atoms with Gasteiger partial charge in [0.2, 0.25) is 0 Å². The van der Waals surface area contributed by atoms with E-state index >= 15 is 0 Å². The third kappa shape index (κ3) is 2.31. The van der Waals surface area contributed by atoms with Gasteiger partial charge < -0.3 is 4.57 Å². The van der Waals surface area contributed by atoms with Crippen molar-refractivity contribution in [3.8, 4) is 5.69 Å². The van der Waals surface area contributed by atoms with Gasteiger partial charge in [-0.25, -0.2) is 0 Å². The molecule has 1 nitrogen and oxygen atoms in total. The molecule has 12 heavy (non-hydrogen) atoms. The van der Waals surface area contributed by atoms with Crippen molar-refractivity contribution < 1.29 is 51.4 Å². The van der Waals surface area contributed by atoms with Crippen LogP contribution in [0.3, 0.4) is 0 Å². The zero-order chi connectivity index (χ0) is 7.52. The summed E-state index contributed by atoms with van der Waals surface area (Å²) in [6.45, 7) is 0. The number of para-hydroxylation sites is 1. The molecular formula is C10H8KN. The van der Waals surface area contributed by atoms with E-state index in [1.807, 2.05) is 41.1 Å². The van der Waals surface area contributed by atoms with Gasteiger partial charge in [-0.15, -0.1) is 12.3 Å². The van der Waals surface area contributed by atoms with Gasteiger partial charge in [0.25, 0.3) is 0 Å². The number of aromatic nitrogens is 1. The van der Waals surface area contributed by atoms with Crippen LogP contribution >= 0.6 is 0 Å². The fraction of sp³-hybridized carbons (Fsp3) is 0. The fourth-order valence-electron chi connectivity index (χ4n) is 1.04. The van der Waals surface area contributed by atoms with Crippen LogP contribution in [0.2, 0.25) is 0 Å². The van der Waals surface area contributed by atoms with Crippen molar-refractivity contribution in [1.82, 2.24) is 4.57 Å². The van der Waals surface area contributed by atoms with Gasteiger partial charge in [-0.3, -0.25) is 0 Å². The number of benzene rings is 1. The van der Waals surface area contributed by atoms with E-state index in [-0.39, 0.29) is 51.4 Å². The molecule has 1 aromatic heterocycles. The van der Waals surface area contributed by atoms with Crippen LogP contribution in [0.1, 0.15) is 0 Å². The minimum absolute atomic E-state index is 0. The topological polar surface area (TPSA) is 4.93 Å². The second kappa shape index (κ2) is 4.99. The monoisotopic (exact) mass is 181 g/mol. The van der Waals surface area contributed by atoms with Crippen LogP contribution < -0.4 is 51.4 Å². The molecule has 0 bridgehead atoms. The summed E-state index contributed by atoms with van der Waals surface area (Å²) in [7, 11) is 0. The minimum atomic E-state index is 0. The van der Waals surface area contributed by atoms with Gasteiger partial charge in [0.15, 0.2) is 0 Å². The summed E-state index contributed by atoms with van der Waals surface area (Å²) in [5.74, 6) is 0. The van der Waals surface area contributed by atoms with E-state index in [2.05, 4.69) is 18.3 Å². The quantitative estimate of drug-likeness (QED) is 0.404. The fourth-order valence-corrected chi connectivity index (χ4v) is 1.04. The van der Waals surface area contributed by atoms with E-state index in [1.165, 1.54) is 0 Å². The molecule has 0 radical (unpaired) electrons. The van der Waals surface area contributed by atoms with Crippen LogP contribution in [0.25, 0.3) is 5.69 Å². The summed E-state index contributed by atoms with van der Waals surface area (Å²) in [5.41, 5.74) is 1.15. The third-order valence-electron chi connectivity index (χ3n) is 1.58. The van der Waals surface area contributed by atoms with Crippen molar-refractivity contribution in [3.63, 3.8) is 0 Å². The Morgan fingerprint density at radius 2 is 1.75 bits per heavy atom. The smallest absolute Gasteiger partial charge is 0.451 e. The van der Waals surface area contributed by atoms with Gasteiger partial charge in [0.1, 0.15) is 0 Å². The largest absolute Gasteiger partial charge is 1.00 e. The summed E-state index contributed by atoms with van der Waals surface area (Å²) >= 11 is 0. The van der Waals surface area contributed by atoms with Crippen LogP contribution in [0.15, 0.2) is 48.7 Å². The van der Waals surface area contributed by atoms with E-state index in [1.54, 1.807) is 0 Å². The average Bonchev–Trinajstić information content (AvgIpc) is 2.58. The Hall–Kier alpha value is 0.136. The molecule has 0 amide bonds. The van der Waals surface area contributed by atoms with Crippen LogP contribution in [0.5, 0.6) is 0 Å². The Kier molecular flexibility index (Phi) is 4.25. The van der Waals surface area contributed by atoms with Crippen molar-refractivity contribution >= 4 is 0 Å². The number of hydrogen-bond acceptors (Lipinski definition) is 0. The molecule has 2 heteroatoms.